The highest BCUT2D eigenvalue weighted by Crippen LogP contribution is 2.28. The van der Waals surface area contributed by atoms with Gasteiger partial charge < -0.3 is 10.3 Å². The Morgan fingerprint density at radius 2 is 2.12 bits per heavy atom. The number of halogens is 3. The molecule has 0 bridgehead atoms. The molecule has 4 nitrogen and oxygen atoms in total. The second-order valence-electron chi connectivity index (χ2n) is 3.39. The Morgan fingerprint density at radius 3 is 2.71 bits per heavy atom. The minimum atomic E-state index is -4.52. The summed E-state index contributed by atoms with van der Waals surface area (Å²) < 4.78 is 37.1. The number of aromatic amines is 1. The summed E-state index contributed by atoms with van der Waals surface area (Å²) in [6.45, 7) is 0. The zero-order valence-corrected chi connectivity index (χ0v) is 8.72. The molecule has 1 aromatic heterocycles. The van der Waals surface area contributed by atoms with Crippen molar-refractivity contribution in [3.05, 3.63) is 29.6 Å². The van der Waals surface area contributed by atoms with Gasteiger partial charge in [0.1, 0.15) is 0 Å². The number of aromatic nitrogens is 2. The van der Waals surface area contributed by atoms with Gasteiger partial charge in [0.2, 0.25) is 5.82 Å². The first-order valence-electron chi connectivity index (χ1n) is 4.71. The SMILES string of the molecule is CNC(=O)c1ccc2nc(C(F)(F)F)[nH]c2c1. The molecule has 1 amide bonds. The molecule has 0 aliphatic rings. The number of nitrogens with one attached hydrogen (secondary N) is 2. The number of carbonyl (C=O) groups is 1. The van der Waals surface area contributed by atoms with Gasteiger partial charge in [0.25, 0.3) is 5.91 Å². The van der Waals surface area contributed by atoms with E-state index in [0.717, 1.165) is 0 Å². The van der Waals surface area contributed by atoms with E-state index in [2.05, 4.69) is 15.3 Å². The average molecular weight is 243 g/mol. The Hall–Kier alpha value is -2.05. The number of H-pyrrole nitrogens is 1. The quantitative estimate of drug-likeness (QED) is 0.804. The van der Waals surface area contributed by atoms with E-state index in [1.54, 1.807) is 0 Å². The first-order valence-corrected chi connectivity index (χ1v) is 4.71. The molecule has 0 unspecified atom stereocenters. The lowest BCUT2D eigenvalue weighted by Gasteiger charge is -1.99. The van der Waals surface area contributed by atoms with E-state index >= 15 is 0 Å². The summed E-state index contributed by atoms with van der Waals surface area (Å²) in [7, 11) is 1.45. The van der Waals surface area contributed by atoms with Crippen LogP contribution < -0.4 is 5.32 Å². The smallest absolute Gasteiger partial charge is 0.355 e. The highest BCUT2D eigenvalue weighted by Gasteiger charge is 2.34. The van der Waals surface area contributed by atoms with Crippen LogP contribution in [0.4, 0.5) is 13.2 Å². The molecule has 2 aromatic rings. The lowest BCUT2D eigenvalue weighted by molar-refractivity contribution is -0.144. The van der Waals surface area contributed by atoms with Crippen LogP contribution in [0.1, 0.15) is 16.2 Å². The maximum absolute atomic E-state index is 12.4. The standard InChI is InChI=1S/C10H8F3N3O/c1-14-8(17)5-2-3-6-7(4-5)16-9(15-6)10(11,12)13/h2-4H,1H3,(H,14,17)(H,15,16). The predicted molar refractivity (Wildman–Crippen MR) is 54.5 cm³/mol. The summed E-state index contributed by atoms with van der Waals surface area (Å²) in [6, 6.07) is 4.12. The number of amides is 1. The van der Waals surface area contributed by atoms with Crippen LogP contribution in [-0.2, 0) is 6.18 Å². The minimum Gasteiger partial charge on any atom is -0.355 e. The van der Waals surface area contributed by atoms with Gasteiger partial charge in [0, 0.05) is 12.6 Å². The van der Waals surface area contributed by atoms with Gasteiger partial charge in [-0.25, -0.2) is 4.98 Å². The van der Waals surface area contributed by atoms with Gasteiger partial charge in [-0.3, -0.25) is 4.79 Å². The van der Waals surface area contributed by atoms with E-state index in [4.69, 9.17) is 0 Å². The van der Waals surface area contributed by atoms with Gasteiger partial charge in [-0.15, -0.1) is 0 Å². The third-order valence-corrected chi connectivity index (χ3v) is 2.24. The Balaban J connectivity index is 2.52. The van der Waals surface area contributed by atoms with Crippen LogP contribution in [0.2, 0.25) is 0 Å². The van der Waals surface area contributed by atoms with Crippen molar-refractivity contribution in [2.45, 2.75) is 6.18 Å². The van der Waals surface area contributed by atoms with E-state index in [9.17, 15) is 18.0 Å². The molecule has 2 N–H and O–H groups in total. The highest BCUT2D eigenvalue weighted by atomic mass is 19.4. The van der Waals surface area contributed by atoms with E-state index in [1.165, 1.54) is 25.2 Å². The van der Waals surface area contributed by atoms with Crippen molar-refractivity contribution in [3.63, 3.8) is 0 Å². The molecule has 0 atom stereocenters. The summed E-state index contributed by atoms with van der Waals surface area (Å²) in [5.74, 6) is -1.43. The first kappa shape index (κ1) is 11.4. The zero-order chi connectivity index (χ0) is 12.6. The number of benzene rings is 1. The van der Waals surface area contributed by atoms with Gasteiger partial charge in [-0.1, -0.05) is 0 Å². The van der Waals surface area contributed by atoms with Crippen molar-refractivity contribution in [2.75, 3.05) is 7.05 Å². The van der Waals surface area contributed by atoms with Crippen molar-refractivity contribution in [2.24, 2.45) is 0 Å². The Kier molecular flexibility index (Phi) is 2.53. The number of carbonyl (C=O) groups excluding carboxylic acids is 1. The molecule has 1 aromatic carbocycles. The average Bonchev–Trinajstić information content (AvgIpc) is 2.70. The Bertz CT molecular complexity index is 574. The molecule has 0 aliphatic carbocycles. The van der Waals surface area contributed by atoms with Crippen LogP contribution in [0, 0.1) is 0 Å². The van der Waals surface area contributed by atoms with Crippen LogP contribution in [0.5, 0.6) is 0 Å². The Labute approximate surface area is 93.8 Å². The van der Waals surface area contributed by atoms with Crippen molar-refractivity contribution in [1.82, 2.24) is 15.3 Å². The largest absolute Gasteiger partial charge is 0.449 e. The number of rotatable bonds is 1. The Morgan fingerprint density at radius 1 is 1.41 bits per heavy atom. The third kappa shape index (κ3) is 2.08. The summed E-state index contributed by atoms with van der Waals surface area (Å²) in [5, 5.41) is 2.39. The molecule has 90 valence electrons. The van der Waals surface area contributed by atoms with Gasteiger partial charge in [0.05, 0.1) is 11.0 Å². The third-order valence-electron chi connectivity index (χ3n) is 2.24. The van der Waals surface area contributed by atoms with Crippen molar-refractivity contribution < 1.29 is 18.0 Å². The summed E-state index contributed by atoms with van der Waals surface area (Å²) in [6.07, 6.45) is -4.52. The molecule has 0 aliphatic heterocycles. The summed E-state index contributed by atoms with van der Waals surface area (Å²) in [4.78, 5) is 16.8. The number of hydrogen-bond acceptors (Lipinski definition) is 2. The van der Waals surface area contributed by atoms with Crippen LogP contribution in [0.25, 0.3) is 11.0 Å². The molecule has 2 rings (SSSR count). The normalized spacial score (nSPS) is 11.8. The fourth-order valence-electron chi connectivity index (χ4n) is 1.43. The molecule has 7 heteroatoms. The predicted octanol–water partition coefficient (Wildman–Crippen LogP) is 1.94. The number of alkyl halides is 3. The fraction of sp³-hybridized carbons (Fsp3) is 0.200. The zero-order valence-electron chi connectivity index (χ0n) is 8.72. The first-order chi connectivity index (χ1) is 7.91. The molecule has 0 spiro atoms. The second-order valence-corrected chi connectivity index (χ2v) is 3.39. The number of imidazole rings is 1. The van der Waals surface area contributed by atoms with E-state index in [0.29, 0.717) is 0 Å². The van der Waals surface area contributed by atoms with Gasteiger partial charge >= 0.3 is 6.18 Å². The number of fused-ring (bicyclic) bond motifs is 1. The van der Waals surface area contributed by atoms with Gasteiger partial charge in [0.15, 0.2) is 0 Å². The molecular weight excluding hydrogens is 235 g/mol. The number of nitrogens with zero attached hydrogens (tertiary/aromatic N) is 1. The highest BCUT2D eigenvalue weighted by molar-refractivity contribution is 5.97. The van der Waals surface area contributed by atoms with E-state index < -0.39 is 12.0 Å². The van der Waals surface area contributed by atoms with Crippen LogP contribution in [-0.4, -0.2) is 22.9 Å². The molecule has 0 fully saturated rings. The van der Waals surface area contributed by atoms with Crippen LogP contribution in [0.3, 0.4) is 0 Å². The lowest BCUT2D eigenvalue weighted by Crippen LogP contribution is -2.17. The van der Waals surface area contributed by atoms with Crippen molar-refractivity contribution in [3.8, 4) is 0 Å². The second kappa shape index (κ2) is 3.76. The molecule has 0 saturated heterocycles. The minimum absolute atomic E-state index is 0.171. The monoisotopic (exact) mass is 243 g/mol. The molecule has 17 heavy (non-hydrogen) atoms. The van der Waals surface area contributed by atoms with E-state index in [1.807, 2.05) is 0 Å². The van der Waals surface area contributed by atoms with Crippen molar-refractivity contribution >= 4 is 16.9 Å². The molecule has 0 saturated carbocycles. The maximum Gasteiger partial charge on any atom is 0.449 e. The van der Waals surface area contributed by atoms with Crippen LogP contribution >= 0.6 is 0 Å². The molecule has 0 radical (unpaired) electrons. The van der Waals surface area contributed by atoms with Gasteiger partial charge in [-0.05, 0) is 18.2 Å². The summed E-state index contributed by atoms with van der Waals surface area (Å²) in [5.41, 5.74) is 0.626. The van der Waals surface area contributed by atoms with E-state index in [-0.39, 0.29) is 22.5 Å². The number of hydrogen-bond donors (Lipinski definition) is 2. The topological polar surface area (TPSA) is 57.8 Å². The molecular formula is C10H8F3N3O. The van der Waals surface area contributed by atoms with Crippen LogP contribution in [0.15, 0.2) is 18.2 Å². The summed E-state index contributed by atoms with van der Waals surface area (Å²) >= 11 is 0. The molecule has 1 heterocycles. The van der Waals surface area contributed by atoms with Gasteiger partial charge in [-0.2, -0.15) is 13.2 Å². The maximum atomic E-state index is 12.4. The fourth-order valence-corrected chi connectivity index (χ4v) is 1.43. The lowest BCUT2D eigenvalue weighted by atomic mass is 10.2. The van der Waals surface area contributed by atoms with Crippen molar-refractivity contribution in [1.29, 1.82) is 0 Å².